The number of hydrogen-bond acceptors (Lipinski definition) is 4. The summed E-state index contributed by atoms with van der Waals surface area (Å²) in [4.78, 5) is 4.51. The van der Waals surface area contributed by atoms with E-state index in [-0.39, 0.29) is 23.1 Å². The Morgan fingerprint density at radius 3 is 2.50 bits per heavy atom. The molecule has 2 fully saturated rings. The van der Waals surface area contributed by atoms with E-state index in [0.29, 0.717) is 5.92 Å². The third kappa shape index (κ3) is 6.93. The van der Waals surface area contributed by atoms with Gasteiger partial charge in [0.2, 0.25) is 0 Å². The highest BCUT2D eigenvalue weighted by atomic mass is 16.5. The van der Waals surface area contributed by atoms with Crippen LogP contribution in [0.15, 0.2) is 35.3 Å². The molecule has 0 bridgehead atoms. The molecule has 6 nitrogen and oxygen atoms in total. The van der Waals surface area contributed by atoms with E-state index in [4.69, 9.17) is 9.47 Å². The summed E-state index contributed by atoms with van der Waals surface area (Å²) in [5.74, 6) is 1.36. The molecule has 0 spiro atoms. The van der Waals surface area contributed by atoms with E-state index in [1.165, 1.54) is 12.0 Å². The number of nitrogens with zero attached hydrogens (tertiary/aromatic N) is 1. The smallest absolute Gasteiger partial charge is 0.191 e. The molecule has 0 radical (unpaired) electrons. The quantitative estimate of drug-likeness (QED) is 0.440. The van der Waals surface area contributed by atoms with Crippen molar-refractivity contribution >= 4 is 5.96 Å². The van der Waals surface area contributed by atoms with E-state index in [9.17, 15) is 0 Å². The van der Waals surface area contributed by atoms with Crippen LogP contribution in [0.4, 0.5) is 0 Å². The number of ether oxygens (including phenoxy) is 2. The molecule has 1 aromatic carbocycles. The van der Waals surface area contributed by atoms with E-state index in [1.54, 1.807) is 0 Å². The second-order valence-electron chi connectivity index (χ2n) is 10.5. The second kappa shape index (κ2) is 11.5. The zero-order chi connectivity index (χ0) is 23.0. The van der Waals surface area contributed by atoms with E-state index in [2.05, 4.69) is 79.0 Å². The van der Waals surface area contributed by atoms with Crippen molar-refractivity contribution in [3.05, 3.63) is 35.9 Å². The summed E-state index contributed by atoms with van der Waals surface area (Å²) in [5, 5.41) is 11.1. The number of guanidine groups is 1. The molecule has 32 heavy (non-hydrogen) atoms. The van der Waals surface area contributed by atoms with Crippen molar-refractivity contribution in [1.29, 1.82) is 0 Å². The van der Waals surface area contributed by atoms with Gasteiger partial charge in [-0.3, -0.25) is 4.99 Å². The first kappa shape index (κ1) is 25.0. The molecular formula is C26H44N4O2. The second-order valence-corrected chi connectivity index (χ2v) is 10.5. The fraction of sp³-hybridized carbons (Fsp3) is 0.731. The molecule has 0 aliphatic carbocycles. The Kier molecular flexibility index (Phi) is 8.97. The normalized spacial score (nSPS) is 25.2. The predicted octanol–water partition coefficient (Wildman–Crippen LogP) is 3.89. The molecule has 180 valence electrons. The number of rotatable bonds is 7. The predicted molar refractivity (Wildman–Crippen MR) is 132 cm³/mol. The van der Waals surface area contributed by atoms with Crippen molar-refractivity contribution in [2.75, 3.05) is 40.0 Å². The van der Waals surface area contributed by atoms with Gasteiger partial charge in [0.15, 0.2) is 5.96 Å². The van der Waals surface area contributed by atoms with Gasteiger partial charge in [-0.1, -0.05) is 51.1 Å². The van der Waals surface area contributed by atoms with E-state index < -0.39 is 0 Å². The van der Waals surface area contributed by atoms with Crippen LogP contribution in [0, 0.1) is 11.3 Å². The molecule has 3 N–H and O–H groups in total. The van der Waals surface area contributed by atoms with Crippen molar-refractivity contribution in [1.82, 2.24) is 16.0 Å². The van der Waals surface area contributed by atoms with Gasteiger partial charge in [-0.15, -0.1) is 0 Å². The lowest BCUT2D eigenvalue weighted by Crippen LogP contribution is -2.58. The van der Waals surface area contributed by atoms with E-state index >= 15 is 0 Å². The van der Waals surface area contributed by atoms with Crippen LogP contribution in [0.25, 0.3) is 0 Å². The van der Waals surface area contributed by atoms with Crippen molar-refractivity contribution in [2.45, 2.75) is 71.1 Å². The highest BCUT2D eigenvalue weighted by Crippen LogP contribution is 2.33. The molecule has 0 amide bonds. The maximum Gasteiger partial charge on any atom is 0.191 e. The molecule has 0 saturated carbocycles. The van der Waals surface area contributed by atoms with E-state index in [1.807, 2.05) is 7.05 Å². The van der Waals surface area contributed by atoms with Crippen LogP contribution in [-0.2, 0) is 9.47 Å². The standard InChI is InChI=1S/C26H44N4O2/c1-20(21-10-7-6-8-11-21)30-26(13-16-31-17-14-26)19-29-24(27-5)28-18-22-12-9-15-32-23(22)25(2,3)4/h6-8,10-11,20,22-23,30H,9,12-19H2,1-5H3,(H2,27,28,29). The highest BCUT2D eigenvalue weighted by molar-refractivity contribution is 5.79. The van der Waals surface area contributed by atoms with Gasteiger partial charge in [-0.05, 0) is 43.6 Å². The topological polar surface area (TPSA) is 66.9 Å². The summed E-state index contributed by atoms with van der Waals surface area (Å²) in [6.45, 7) is 13.2. The first-order valence-electron chi connectivity index (χ1n) is 12.3. The van der Waals surface area contributed by atoms with Crippen LogP contribution in [0.1, 0.15) is 65.0 Å². The van der Waals surface area contributed by atoms with Crippen LogP contribution in [-0.4, -0.2) is 57.6 Å². The van der Waals surface area contributed by atoms with Crippen molar-refractivity contribution in [3.63, 3.8) is 0 Å². The Morgan fingerprint density at radius 1 is 1.12 bits per heavy atom. The minimum atomic E-state index is -0.0208. The molecule has 1 aromatic rings. The molecule has 3 rings (SSSR count). The number of benzene rings is 1. The lowest BCUT2D eigenvalue weighted by molar-refractivity contribution is -0.0835. The number of nitrogens with one attached hydrogen (secondary N) is 3. The number of aliphatic imine (C=N–C) groups is 1. The van der Waals surface area contributed by atoms with Gasteiger partial charge in [0.25, 0.3) is 0 Å². The molecule has 0 aromatic heterocycles. The molecule has 2 aliphatic heterocycles. The molecule has 3 atom stereocenters. The van der Waals surface area contributed by atoms with Gasteiger partial charge in [-0.25, -0.2) is 0 Å². The Bertz CT molecular complexity index is 710. The van der Waals surface area contributed by atoms with E-state index in [0.717, 1.165) is 58.1 Å². The van der Waals surface area contributed by atoms with Gasteiger partial charge in [0, 0.05) is 57.5 Å². The lowest BCUT2D eigenvalue weighted by atomic mass is 9.78. The van der Waals surface area contributed by atoms with Gasteiger partial charge < -0.3 is 25.4 Å². The Labute approximate surface area is 194 Å². The molecular weight excluding hydrogens is 400 g/mol. The molecule has 2 saturated heterocycles. The van der Waals surface area contributed by atoms with Crippen LogP contribution >= 0.6 is 0 Å². The highest BCUT2D eigenvalue weighted by Gasteiger charge is 2.36. The first-order chi connectivity index (χ1) is 15.3. The maximum absolute atomic E-state index is 6.15. The van der Waals surface area contributed by atoms with Crippen LogP contribution < -0.4 is 16.0 Å². The summed E-state index contributed by atoms with van der Waals surface area (Å²) in [6, 6.07) is 10.9. The average Bonchev–Trinajstić information content (AvgIpc) is 2.80. The van der Waals surface area contributed by atoms with Gasteiger partial charge in [0.05, 0.1) is 6.10 Å². The summed E-state index contributed by atoms with van der Waals surface area (Å²) < 4.78 is 11.8. The fourth-order valence-electron chi connectivity index (χ4n) is 5.13. The fourth-order valence-corrected chi connectivity index (χ4v) is 5.13. The van der Waals surface area contributed by atoms with Gasteiger partial charge in [0.1, 0.15) is 0 Å². The first-order valence-corrected chi connectivity index (χ1v) is 12.3. The molecule has 2 heterocycles. The zero-order valence-electron chi connectivity index (χ0n) is 20.7. The van der Waals surface area contributed by atoms with Gasteiger partial charge in [-0.2, -0.15) is 0 Å². The third-order valence-corrected chi connectivity index (χ3v) is 6.92. The zero-order valence-corrected chi connectivity index (χ0v) is 20.7. The van der Waals surface area contributed by atoms with Crippen molar-refractivity contribution < 1.29 is 9.47 Å². The van der Waals surface area contributed by atoms with Crippen LogP contribution in [0.5, 0.6) is 0 Å². The Hall–Kier alpha value is -1.63. The minimum absolute atomic E-state index is 0.0208. The molecule has 2 aliphatic rings. The monoisotopic (exact) mass is 444 g/mol. The molecule has 3 unspecified atom stereocenters. The van der Waals surface area contributed by atoms with Crippen molar-refractivity contribution in [2.24, 2.45) is 16.3 Å². The molecule has 6 heteroatoms. The Morgan fingerprint density at radius 2 is 1.84 bits per heavy atom. The average molecular weight is 445 g/mol. The lowest BCUT2D eigenvalue weighted by Gasteiger charge is -2.41. The van der Waals surface area contributed by atoms with Crippen molar-refractivity contribution in [3.8, 4) is 0 Å². The third-order valence-electron chi connectivity index (χ3n) is 6.92. The van der Waals surface area contributed by atoms with Gasteiger partial charge >= 0.3 is 0 Å². The Balaban J connectivity index is 1.58. The van der Waals surface area contributed by atoms with Crippen LogP contribution in [0.2, 0.25) is 0 Å². The summed E-state index contributed by atoms with van der Waals surface area (Å²) in [5.41, 5.74) is 1.44. The summed E-state index contributed by atoms with van der Waals surface area (Å²) >= 11 is 0. The minimum Gasteiger partial charge on any atom is -0.381 e. The largest absolute Gasteiger partial charge is 0.381 e. The maximum atomic E-state index is 6.15. The SMILES string of the molecule is CN=C(NCC1CCCOC1C(C)(C)C)NCC1(NC(C)c2ccccc2)CCOCC1. The number of hydrogen-bond donors (Lipinski definition) is 3. The van der Waals surface area contributed by atoms with Crippen LogP contribution in [0.3, 0.4) is 0 Å². The summed E-state index contributed by atoms with van der Waals surface area (Å²) in [7, 11) is 1.85. The summed E-state index contributed by atoms with van der Waals surface area (Å²) in [6.07, 6.45) is 4.57.